The van der Waals surface area contributed by atoms with Crippen LogP contribution in [0.4, 0.5) is 9.18 Å². The maximum Gasteiger partial charge on any atom is 0.325 e. The van der Waals surface area contributed by atoms with Crippen LogP contribution in [-0.2, 0) is 15.1 Å². The molecular weight excluding hydrogens is 369 g/mol. The molecule has 3 rings (SSSR count). The van der Waals surface area contributed by atoms with E-state index in [0.717, 1.165) is 9.78 Å². The van der Waals surface area contributed by atoms with Gasteiger partial charge in [-0.2, -0.15) is 0 Å². The number of thiophene rings is 1. The summed E-state index contributed by atoms with van der Waals surface area (Å²) in [4.78, 5) is 39.6. The summed E-state index contributed by atoms with van der Waals surface area (Å²) in [6.45, 7) is 3.22. The minimum Gasteiger partial charge on any atom is -0.347 e. The van der Waals surface area contributed by atoms with E-state index in [1.54, 1.807) is 6.92 Å². The highest BCUT2D eigenvalue weighted by Gasteiger charge is 2.51. The van der Waals surface area contributed by atoms with E-state index in [-0.39, 0.29) is 19.0 Å². The van der Waals surface area contributed by atoms with Gasteiger partial charge in [-0.3, -0.25) is 14.5 Å². The fourth-order valence-corrected chi connectivity index (χ4v) is 3.92. The molecule has 1 fully saturated rings. The number of carbonyl (C=O) groups excluding carboxylic acids is 3. The van der Waals surface area contributed by atoms with Crippen LogP contribution in [0.3, 0.4) is 0 Å². The molecule has 2 atom stereocenters. The number of carbonyl (C=O) groups is 3. The Hall–Kier alpha value is -2.74. The molecule has 8 heteroatoms. The van der Waals surface area contributed by atoms with E-state index in [1.165, 1.54) is 35.6 Å². The fourth-order valence-electron chi connectivity index (χ4n) is 3.18. The molecule has 4 amide bonds. The average Bonchev–Trinajstić information content (AvgIpc) is 3.26. The summed E-state index contributed by atoms with van der Waals surface area (Å²) in [6.07, 6.45) is 0.285. The lowest BCUT2D eigenvalue weighted by Crippen LogP contribution is -2.45. The third-order valence-electron chi connectivity index (χ3n) is 4.69. The number of rotatable bonds is 6. The molecule has 1 aromatic heterocycles. The summed E-state index contributed by atoms with van der Waals surface area (Å²) in [5.74, 6) is -1.37. The van der Waals surface area contributed by atoms with Crippen LogP contribution in [0.1, 0.15) is 36.8 Å². The summed E-state index contributed by atoms with van der Waals surface area (Å²) in [5, 5.41) is 7.38. The third kappa shape index (κ3) is 3.57. The highest BCUT2D eigenvalue weighted by atomic mass is 32.1. The zero-order valence-corrected chi connectivity index (χ0v) is 15.8. The minimum absolute atomic E-state index is 0.216. The molecule has 6 nitrogen and oxygen atoms in total. The van der Waals surface area contributed by atoms with Crippen LogP contribution >= 0.6 is 11.3 Å². The number of urea groups is 1. The zero-order valence-electron chi connectivity index (χ0n) is 15.0. The number of hydrogen-bond acceptors (Lipinski definition) is 4. The molecule has 0 aliphatic carbocycles. The first-order valence-corrected chi connectivity index (χ1v) is 9.48. The van der Waals surface area contributed by atoms with Gasteiger partial charge in [-0.15, -0.1) is 11.3 Å². The van der Waals surface area contributed by atoms with Crippen molar-refractivity contribution in [3.8, 4) is 0 Å². The standard InChI is InChI=1S/C19H20FN3O3S/c1-3-19(13-6-8-14(20)9-7-13)17(25)23(18(26)22-19)11-16(24)21-12(2)15-5-4-10-27-15/h4-10,12H,3,11H2,1-2H3,(H,21,24)(H,22,26)/t12-,19-/m1/s1. The first-order chi connectivity index (χ1) is 12.9. The van der Waals surface area contributed by atoms with Crippen molar-refractivity contribution in [2.24, 2.45) is 0 Å². The summed E-state index contributed by atoms with van der Waals surface area (Å²) in [6, 6.07) is 8.36. The molecule has 27 heavy (non-hydrogen) atoms. The van der Waals surface area contributed by atoms with E-state index in [1.807, 2.05) is 24.4 Å². The van der Waals surface area contributed by atoms with Gasteiger partial charge in [0.1, 0.15) is 17.9 Å². The number of nitrogens with zero attached hydrogens (tertiary/aromatic N) is 1. The lowest BCUT2D eigenvalue weighted by atomic mass is 9.87. The summed E-state index contributed by atoms with van der Waals surface area (Å²) < 4.78 is 13.2. The van der Waals surface area contributed by atoms with E-state index in [4.69, 9.17) is 0 Å². The van der Waals surface area contributed by atoms with Gasteiger partial charge in [0, 0.05) is 4.88 Å². The number of hydrogen-bond donors (Lipinski definition) is 2. The van der Waals surface area contributed by atoms with E-state index >= 15 is 0 Å². The molecule has 1 saturated heterocycles. The number of imide groups is 1. The minimum atomic E-state index is -1.29. The van der Waals surface area contributed by atoms with Gasteiger partial charge in [-0.25, -0.2) is 9.18 Å². The molecule has 2 N–H and O–H groups in total. The van der Waals surface area contributed by atoms with Crippen molar-refractivity contribution in [3.05, 3.63) is 58.0 Å². The molecule has 0 radical (unpaired) electrons. The smallest absolute Gasteiger partial charge is 0.325 e. The van der Waals surface area contributed by atoms with Crippen LogP contribution in [-0.4, -0.2) is 29.3 Å². The second-order valence-corrected chi connectivity index (χ2v) is 7.37. The molecule has 0 saturated carbocycles. The number of amides is 4. The highest BCUT2D eigenvalue weighted by Crippen LogP contribution is 2.32. The predicted molar refractivity (Wildman–Crippen MR) is 99.5 cm³/mol. The van der Waals surface area contributed by atoms with E-state index in [9.17, 15) is 18.8 Å². The number of nitrogens with one attached hydrogen (secondary N) is 2. The largest absolute Gasteiger partial charge is 0.347 e. The van der Waals surface area contributed by atoms with Crippen LogP contribution in [0.2, 0.25) is 0 Å². The van der Waals surface area contributed by atoms with Gasteiger partial charge >= 0.3 is 6.03 Å². The topological polar surface area (TPSA) is 78.5 Å². The lowest BCUT2D eigenvalue weighted by Gasteiger charge is -2.25. The Kier molecular flexibility index (Phi) is 5.27. The van der Waals surface area contributed by atoms with Gasteiger partial charge in [0.05, 0.1) is 6.04 Å². The highest BCUT2D eigenvalue weighted by molar-refractivity contribution is 7.10. The van der Waals surface area contributed by atoms with Gasteiger partial charge in [-0.1, -0.05) is 25.1 Å². The summed E-state index contributed by atoms with van der Waals surface area (Å²) in [5.41, 5.74) is -0.802. The third-order valence-corrected chi connectivity index (χ3v) is 5.75. The summed E-state index contributed by atoms with van der Waals surface area (Å²) >= 11 is 1.51. The number of halogens is 1. The maximum absolute atomic E-state index is 13.2. The second-order valence-electron chi connectivity index (χ2n) is 6.39. The van der Waals surface area contributed by atoms with Gasteiger partial charge < -0.3 is 10.6 Å². The van der Waals surface area contributed by atoms with Gasteiger partial charge in [0.15, 0.2) is 0 Å². The molecule has 2 aromatic rings. The zero-order chi connectivity index (χ0) is 19.6. The van der Waals surface area contributed by atoms with Gasteiger partial charge in [0.2, 0.25) is 5.91 Å². The van der Waals surface area contributed by atoms with Crippen LogP contribution in [0.25, 0.3) is 0 Å². The fraction of sp³-hybridized carbons (Fsp3) is 0.316. The van der Waals surface area contributed by atoms with Crippen LogP contribution in [0.15, 0.2) is 41.8 Å². The van der Waals surface area contributed by atoms with Crippen molar-refractivity contribution in [2.75, 3.05) is 6.54 Å². The molecule has 1 aromatic carbocycles. The van der Waals surface area contributed by atoms with Gasteiger partial charge in [-0.05, 0) is 42.5 Å². The predicted octanol–water partition coefficient (Wildman–Crippen LogP) is 2.92. The van der Waals surface area contributed by atoms with Crippen molar-refractivity contribution in [1.82, 2.24) is 15.5 Å². The monoisotopic (exact) mass is 389 g/mol. The Labute approximate surface area is 160 Å². The molecule has 0 spiro atoms. The quantitative estimate of drug-likeness (QED) is 0.746. The molecule has 0 unspecified atom stereocenters. The van der Waals surface area contributed by atoms with E-state index in [2.05, 4.69) is 10.6 Å². The first-order valence-electron chi connectivity index (χ1n) is 8.60. The average molecular weight is 389 g/mol. The Morgan fingerprint density at radius 3 is 2.59 bits per heavy atom. The van der Waals surface area contributed by atoms with Crippen LogP contribution in [0, 0.1) is 5.82 Å². The molecule has 0 bridgehead atoms. The second kappa shape index (κ2) is 7.48. The van der Waals surface area contributed by atoms with Crippen molar-refractivity contribution < 1.29 is 18.8 Å². The molecule has 1 aliphatic rings. The van der Waals surface area contributed by atoms with Crippen molar-refractivity contribution in [3.63, 3.8) is 0 Å². The van der Waals surface area contributed by atoms with Crippen molar-refractivity contribution >= 4 is 29.2 Å². The van der Waals surface area contributed by atoms with E-state index < -0.39 is 29.2 Å². The Morgan fingerprint density at radius 1 is 1.30 bits per heavy atom. The molecule has 142 valence electrons. The summed E-state index contributed by atoms with van der Waals surface area (Å²) in [7, 11) is 0. The molecule has 2 heterocycles. The van der Waals surface area contributed by atoms with Crippen molar-refractivity contribution in [2.45, 2.75) is 31.8 Å². The molecular formula is C19H20FN3O3S. The Morgan fingerprint density at radius 2 is 2.00 bits per heavy atom. The number of benzene rings is 1. The maximum atomic E-state index is 13.2. The van der Waals surface area contributed by atoms with Crippen LogP contribution in [0.5, 0.6) is 0 Å². The Balaban J connectivity index is 1.75. The SMILES string of the molecule is CC[C@]1(c2ccc(F)cc2)NC(=O)N(CC(=O)N[C@H](C)c2cccs2)C1=O. The van der Waals surface area contributed by atoms with Crippen LogP contribution < -0.4 is 10.6 Å². The molecule has 1 aliphatic heterocycles. The Bertz CT molecular complexity index is 854. The normalized spacial score (nSPS) is 20.5. The first kappa shape index (κ1) is 19.0. The van der Waals surface area contributed by atoms with Crippen molar-refractivity contribution in [1.29, 1.82) is 0 Å². The lowest BCUT2D eigenvalue weighted by molar-refractivity contribution is -0.135. The van der Waals surface area contributed by atoms with Gasteiger partial charge in [0.25, 0.3) is 5.91 Å². The van der Waals surface area contributed by atoms with E-state index in [0.29, 0.717) is 5.56 Å².